The first-order valence-corrected chi connectivity index (χ1v) is 7.54. The number of hydrogen-bond acceptors (Lipinski definition) is 3. The monoisotopic (exact) mass is 377 g/mol. The van der Waals surface area contributed by atoms with Gasteiger partial charge in [0.25, 0.3) is 0 Å². The lowest BCUT2D eigenvalue weighted by atomic mass is 10.1. The van der Waals surface area contributed by atoms with E-state index in [1.54, 1.807) is 0 Å². The number of esters is 1. The van der Waals surface area contributed by atoms with Gasteiger partial charge >= 0.3 is 5.97 Å². The highest BCUT2D eigenvalue weighted by molar-refractivity contribution is 6.55. The molecule has 3 nitrogen and oxygen atoms in total. The van der Waals surface area contributed by atoms with E-state index in [-0.39, 0.29) is 36.8 Å². The van der Waals surface area contributed by atoms with Crippen LogP contribution in [0.4, 0.5) is 0 Å². The summed E-state index contributed by atoms with van der Waals surface area (Å²) in [6, 6.07) is -0.796. The maximum absolute atomic E-state index is 11.9. The molecular weight excluding hydrogens is 367 g/mol. The summed E-state index contributed by atoms with van der Waals surface area (Å²) in [4.78, 5) is 11.9. The van der Waals surface area contributed by atoms with E-state index in [0.717, 1.165) is 0 Å². The van der Waals surface area contributed by atoms with E-state index < -0.39 is 12.0 Å². The van der Waals surface area contributed by atoms with Gasteiger partial charge in [-0.3, -0.25) is 0 Å². The van der Waals surface area contributed by atoms with Gasteiger partial charge in [-0.1, -0.05) is 71.9 Å². The van der Waals surface area contributed by atoms with E-state index in [4.69, 9.17) is 68.5 Å². The molecule has 1 aromatic carbocycles. The van der Waals surface area contributed by atoms with Crippen LogP contribution in [0.25, 0.3) is 0 Å². The number of hydrogen-bond donors (Lipinski definition) is 1. The van der Waals surface area contributed by atoms with Crippen LogP contribution in [0.15, 0.2) is 0 Å². The van der Waals surface area contributed by atoms with Crippen LogP contribution in [0.2, 0.25) is 25.1 Å². The normalized spacial score (nSPS) is 12.7. The number of nitrogens with two attached hydrogens (primary N) is 1. The molecule has 1 atom stereocenters. The number of rotatable bonds is 4. The first-order valence-electron chi connectivity index (χ1n) is 5.65. The Morgan fingerprint density at radius 1 is 1.00 bits per heavy atom. The van der Waals surface area contributed by atoms with Crippen LogP contribution in [0.3, 0.4) is 0 Å². The predicted molar refractivity (Wildman–Crippen MR) is 84.6 cm³/mol. The molecule has 0 aromatic heterocycles. The molecule has 0 saturated heterocycles. The van der Waals surface area contributed by atoms with Gasteiger partial charge in [-0.2, -0.15) is 0 Å². The van der Waals surface area contributed by atoms with E-state index in [0.29, 0.717) is 6.42 Å². The molecule has 0 aliphatic heterocycles. The van der Waals surface area contributed by atoms with Gasteiger partial charge in [-0.05, 0) is 12.3 Å². The van der Waals surface area contributed by atoms with Crippen molar-refractivity contribution in [3.8, 4) is 5.75 Å². The predicted octanol–water partition coefficient (Wildman–Crippen LogP) is 5.23. The van der Waals surface area contributed by atoms with Crippen LogP contribution in [-0.2, 0) is 4.79 Å². The standard InChI is InChI=1S/C12H12Cl5NO2/c1-4(2)3-5(18)12(19)20-11-9(16)7(14)6(13)8(15)10(11)17/h4-5H,3,18H2,1-2H3. The Labute approximate surface area is 142 Å². The van der Waals surface area contributed by atoms with Crippen LogP contribution in [0.5, 0.6) is 5.75 Å². The van der Waals surface area contributed by atoms with Gasteiger partial charge in [0.2, 0.25) is 0 Å². The fourth-order valence-corrected chi connectivity index (χ4v) is 2.65. The third-order valence-corrected chi connectivity index (χ3v) is 4.64. The molecule has 0 spiro atoms. The summed E-state index contributed by atoms with van der Waals surface area (Å²) >= 11 is 29.5. The van der Waals surface area contributed by atoms with Crippen LogP contribution < -0.4 is 10.5 Å². The molecule has 0 amide bonds. The summed E-state index contributed by atoms with van der Waals surface area (Å²) in [5, 5.41) is -0.257. The minimum Gasteiger partial charge on any atom is -0.422 e. The number of ether oxygens (including phenoxy) is 1. The summed E-state index contributed by atoms with van der Waals surface area (Å²) in [5.74, 6) is -0.574. The first kappa shape index (κ1) is 18.1. The molecule has 1 rings (SSSR count). The van der Waals surface area contributed by atoms with Crippen molar-refractivity contribution in [3.05, 3.63) is 25.1 Å². The maximum atomic E-state index is 11.9. The second-order valence-electron chi connectivity index (χ2n) is 4.56. The second kappa shape index (κ2) is 7.39. The average molecular weight is 379 g/mol. The van der Waals surface area contributed by atoms with Gasteiger partial charge in [0.15, 0.2) is 5.75 Å². The molecule has 0 heterocycles. The zero-order chi connectivity index (χ0) is 15.6. The average Bonchev–Trinajstić information content (AvgIpc) is 2.38. The van der Waals surface area contributed by atoms with E-state index in [1.165, 1.54) is 0 Å². The third-order valence-electron chi connectivity index (χ3n) is 2.40. The van der Waals surface area contributed by atoms with Crippen LogP contribution >= 0.6 is 58.0 Å². The molecule has 8 heteroatoms. The molecule has 0 aliphatic carbocycles. The SMILES string of the molecule is CC(C)CC(N)C(=O)Oc1c(Cl)c(Cl)c(Cl)c(Cl)c1Cl. The van der Waals surface area contributed by atoms with Gasteiger partial charge < -0.3 is 10.5 Å². The molecule has 0 bridgehead atoms. The maximum Gasteiger partial charge on any atom is 0.328 e. The topological polar surface area (TPSA) is 52.3 Å². The Morgan fingerprint density at radius 2 is 1.40 bits per heavy atom. The fraction of sp³-hybridized carbons (Fsp3) is 0.417. The Kier molecular flexibility index (Phi) is 6.71. The lowest BCUT2D eigenvalue weighted by Crippen LogP contribution is -2.35. The smallest absolute Gasteiger partial charge is 0.328 e. The molecule has 0 saturated carbocycles. The molecule has 1 aromatic rings. The van der Waals surface area contributed by atoms with E-state index >= 15 is 0 Å². The van der Waals surface area contributed by atoms with Crippen molar-refractivity contribution in [2.24, 2.45) is 11.7 Å². The van der Waals surface area contributed by atoms with Crippen LogP contribution in [-0.4, -0.2) is 12.0 Å². The molecule has 0 fully saturated rings. The highest BCUT2D eigenvalue weighted by Gasteiger charge is 2.25. The minimum absolute atomic E-state index is 0.00499. The summed E-state index contributed by atoms with van der Waals surface area (Å²) in [7, 11) is 0. The Hall–Kier alpha value is 0.1000. The first-order chi connectivity index (χ1) is 9.16. The quantitative estimate of drug-likeness (QED) is 0.337. The second-order valence-corrected chi connectivity index (χ2v) is 6.45. The van der Waals surface area contributed by atoms with Crippen molar-refractivity contribution in [2.45, 2.75) is 26.3 Å². The van der Waals surface area contributed by atoms with Crippen molar-refractivity contribution in [2.75, 3.05) is 0 Å². The summed E-state index contributed by atoms with van der Waals surface area (Å²) in [6.45, 7) is 3.87. The molecule has 0 aliphatic rings. The number of benzene rings is 1. The minimum atomic E-state index is -0.796. The molecule has 2 N–H and O–H groups in total. The van der Waals surface area contributed by atoms with Crippen molar-refractivity contribution in [1.29, 1.82) is 0 Å². The highest BCUT2D eigenvalue weighted by atomic mass is 35.5. The largest absolute Gasteiger partial charge is 0.422 e. The molecular formula is C12H12Cl5NO2. The van der Waals surface area contributed by atoms with Crippen LogP contribution in [0, 0.1) is 5.92 Å². The van der Waals surface area contributed by atoms with Gasteiger partial charge in [-0.25, -0.2) is 4.79 Å². The van der Waals surface area contributed by atoms with Crippen molar-refractivity contribution in [3.63, 3.8) is 0 Å². The third kappa shape index (κ3) is 4.06. The van der Waals surface area contributed by atoms with Crippen molar-refractivity contribution in [1.82, 2.24) is 0 Å². The number of halogens is 5. The van der Waals surface area contributed by atoms with E-state index in [9.17, 15) is 4.79 Å². The zero-order valence-electron chi connectivity index (χ0n) is 10.6. The van der Waals surface area contributed by atoms with Gasteiger partial charge in [0, 0.05) is 0 Å². The lowest BCUT2D eigenvalue weighted by Gasteiger charge is -2.16. The van der Waals surface area contributed by atoms with Crippen molar-refractivity contribution < 1.29 is 9.53 Å². The summed E-state index contributed by atoms with van der Waals surface area (Å²) in [6.07, 6.45) is 0.461. The summed E-state index contributed by atoms with van der Waals surface area (Å²) in [5.41, 5.74) is 5.72. The highest BCUT2D eigenvalue weighted by Crippen LogP contribution is 2.48. The molecule has 1 unspecified atom stereocenters. The molecule has 20 heavy (non-hydrogen) atoms. The Balaban J connectivity index is 3.07. The van der Waals surface area contributed by atoms with Crippen molar-refractivity contribution >= 4 is 64.0 Å². The Morgan fingerprint density at radius 3 is 1.80 bits per heavy atom. The molecule has 112 valence electrons. The Bertz CT molecular complexity index is 504. The summed E-state index contributed by atoms with van der Waals surface area (Å²) < 4.78 is 5.10. The zero-order valence-corrected chi connectivity index (χ0v) is 14.4. The number of carbonyl (C=O) groups is 1. The van der Waals surface area contributed by atoms with Gasteiger partial charge in [-0.15, -0.1) is 0 Å². The molecule has 0 radical (unpaired) electrons. The van der Waals surface area contributed by atoms with E-state index in [1.807, 2.05) is 13.8 Å². The fourth-order valence-electron chi connectivity index (χ4n) is 1.45. The van der Waals surface area contributed by atoms with Gasteiger partial charge in [0.1, 0.15) is 16.1 Å². The van der Waals surface area contributed by atoms with Gasteiger partial charge in [0.05, 0.1) is 15.1 Å². The number of carbonyl (C=O) groups excluding carboxylic acids is 1. The lowest BCUT2D eigenvalue weighted by molar-refractivity contribution is -0.136. The van der Waals surface area contributed by atoms with E-state index in [2.05, 4.69) is 0 Å². The van der Waals surface area contributed by atoms with Crippen LogP contribution in [0.1, 0.15) is 20.3 Å².